The van der Waals surface area contributed by atoms with Crippen molar-refractivity contribution in [3.05, 3.63) is 53.6 Å². The maximum Gasteiger partial charge on any atom is 0.321 e. The van der Waals surface area contributed by atoms with E-state index in [9.17, 15) is 14.4 Å². The third kappa shape index (κ3) is 5.69. The molecule has 0 saturated carbocycles. The van der Waals surface area contributed by atoms with Crippen LogP contribution in [0.25, 0.3) is 0 Å². The van der Waals surface area contributed by atoms with Crippen LogP contribution >= 0.6 is 0 Å². The SMILES string of the molecule is COc1ccc(C(=O)NNC(=O)C2CCCN(C(=O)Nc3cccc(C)c3)C2)cc1OC. The first kappa shape index (κ1) is 22.9. The summed E-state index contributed by atoms with van der Waals surface area (Å²) in [6.45, 7) is 2.79. The molecular formula is C23H28N4O5. The highest BCUT2D eigenvalue weighted by Gasteiger charge is 2.29. The number of ether oxygens (including phenoxy) is 2. The van der Waals surface area contributed by atoms with Crippen molar-refractivity contribution in [1.82, 2.24) is 15.8 Å². The number of nitrogens with zero attached hydrogens (tertiary/aromatic N) is 1. The maximum atomic E-state index is 12.6. The molecule has 4 amide bonds. The van der Waals surface area contributed by atoms with E-state index in [2.05, 4.69) is 16.2 Å². The molecule has 1 aliphatic heterocycles. The molecular weight excluding hydrogens is 412 g/mol. The number of carbonyl (C=O) groups is 3. The number of urea groups is 1. The standard InChI is InChI=1S/C23H28N4O5/c1-15-6-4-8-18(12-15)24-23(30)27-11-5-7-17(14-27)22(29)26-25-21(28)16-9-10-19(31-2)20(13-16)32-3/h4,6,8-10,12-13,17H,5,7,11,14H2,1-3H3,(H,24,30)(H,25,28)(H,26,29). The average Bonchev–Trinajstić information content (AvgIpc) is 2.81. The molecule has 2 aromatic rings. The molecule has 1 fully saturated rings. The predicted molar refractivity (Wildman–Crippen MR) is 120 cm³/mol. The van der Waals surface area contributed by atoms with Gasteiger partial charge in [-0.3, -0.25) is 20.4 Å². The lowest BCUT2D eigenvalue weighted by Gasteiger charge is -2.32. The van der Waals surface area contributed by atoms with Crippen molar-refractivity contribution in [3.8, 4) is 11.5 Å². The largest absolute Gasteiger partial charge is 0.493 e. The number of methoxy groups -OCH3 is 2. The zero-order valence-corrected chi connectivity index (χ0v) is 18.4. The van der Waals surface area contributed by atoms with Gasteiger partial charge in [-0.25, -0.2) is 4.79 Å². The Morgan fingerprint density at radius 2 is 1.78 bits per heavy atom. The number of rotatable bonds is 5. The molecule has 1 heterocycles. The van der Waals surface area contributed by atoms with E-state index in [4.69, 9.17) is 9.47 Å². The first-order chi connectivity index (χ1) is 15.4. The number of hydrogen-bond donors (Lipinski definition) is 3. The molecule has 0 spiro atoms. The summed E-state index contributed by atoms with van der Waals surface area (Å²) in [5.74, 6) is -0.331. The Labute approximate surface area is 187 Å². The minimum atomic E-state index is -0.482. The molecule has 0 radical (unpaired) electrons. The Morgan fingerprint density at radius 3 is 2.50 bits per heavy atom. The highest BCUT2D eigenvalue weighted by molar-refractivity contribution is 5.96. The fraction of sp³-hybridized carbons (Fsp3) is 0.348. The molecule has 1 aliphatic rings. The molecule has 3 N–H and O–H groups in total. The van der Waals surface area contributed by atoms with Crippen molar-refractivity contribution in [1.29, 1.82) is 0 Å². The van der Waals surface area contributed by atoms with Gasteiger partial charge in [0.1, 0.15) is 0 Å². The van der Waals surface area contributed by atoms with E-state index < -0.39 is 11.8 Å². The van der Waals surface area contributed by atoms with Crippen molar-refractivity contribution < 1.29 is 23.9 Å². The maximum absolute atomic E-state index is 12.6. The lowest BCUT2D eigenvalue weighted by Crippen LogP contribution is -2.50. The third-order valence-electron chi connectivity index (χ3n) is 5.29. The van der Waals surface area contributed by atoms with Gasteiger partial charge in [0.15, 0.2) is 11.5 Å². The molecule has 1 atom stereocenters. The summed E-state index contributed by atoms with van der Waals surface area (Å²) in [5.41, 5.74) is 6.95. The second kappa shape index (κ2) is 10.5. The monoisotopic (exact) mass is 440 g/mol. The molecule has 0 bridgehead atoms. The summed E-state index contributed by atoms with van der Waals surface area (Å²) in [6, 6.07) is 12.0. The van der Waals surface area contributed by atoms with Crippen molar-refractivity contribution in [2.45, 2.75) is 19.8 Å². The lowest BCUT2D eigenvalue weighted by molar-refractivity contribution is -0.127. The summed E-state index contributed by atoms with van der Waals surface area (Å²) >= 11 is 0. The molecule has 9 nitrogen and oxygen atoms in total. The van der Waals surface area contributed by atoms with Gasteiger partial charge in [0.25, 0.3) is 5.91 Å². The van der Waals surface area contributed by atoms with Crippen LogP contribution in [-0.2, 0) is 4.79 Å². The van der Waals surface area contributed by atoms with Gasteiger partial charge in [-0.15, -0.1) is 0 Å². The van der Waals surface area contributed by atoms with Crippen molar-refractivity contribution in [3.63, 3.8) is 0 Å². The minimum Gasteiger partial charge on any atom is -0.493 e. The topological polar surface area (TPSA) is 109 Å². The molecule has 1 saturated heterocycles. The van der Waals surface area contributed by atoms with E-state index in [0.717, 1.165) is 5.56 Å². The number of carbonyl (C=O) groups excluding carboxylic acids is 3. The van der Waals surface area contributed by atoms with Gasteiger partial charge in [-0.1, -0.05) is 12.1 Å². The predicted octanol–water partition coefficient (Wildman–Crippen LogP) is 2.72. The normalized spacial score (nSPS) is 15.5. The van der Waals surface area contributed by atoms with E-state index in [1.54, 1.807) is 17.0 Å². The number of benzene rings is 2. The van der Waals surface area contributed by atoms with Crippen molar-refractivity contribution in [2.24, 2.45) is 5.92 Å². The Hall–Kier alpha value is -3.75. The van der Waals surface area contributed by atoms with E-state index >= 15 is 0 Å². The van der Waals surface area contributed by atoms with E-state index in [1.165, 1.54) is 20.3 Å². The summed E-state index contributed by atoms with van der Waals surface area (Å²) < 4.78 is 10.4. The van der Waals surface area contributed by atoms with Crippen LogP contribution in [0.4, 0.5) is 10.5 Å². The summed E-state index contributed by atoms with van der Waals surface area (Å²) in [7, 11) is 2.98. The first-order valence-electron chi connectivity index (χ1n) is 10.4. The third-order valence-corrected chi connectivity index (χ3v) is 5.29. The first-order valence-corrected chi connectivity index (χ1v) is 10.4. The lowest BCUT2D eigenvalue weighted by atomic mass is 9.97. The van der Waals surface area contributed by atoms with Gasteiger partial charge in [0, 0.05) is 24.3 Å². The Morgan fingerprint density at radius 1 is 1.00 bits per heavy atom. The highest BCUT2D eigenvalue weighted by atomic mass is 16.5. The van der Waals surface area contributed by atoms with Gasteiger partial charge in [0.2, 0.25) is 5.91 Å². The summed E-state index contributed by atoms with van der Waals surface area (Å²) in [6.07, 6.45) is 1.33. The van der Waals surface area contributed by atoms with Crippen molar-refractivity contribution >= 4 is 23.5 Å². The number of likely N-dealkylation sites (tertiary alicyclic amines) is 1. The second-order valence-electron chi connectivity index (χ2n) is 7.60. The van der Waals surface area contributed by atoms with Gasteiger partial charge in [-0.05, 0) is 55.7 Å². The fourth-order valence-electron chi connectivity index (χ4n) is 3.57. The molecule has 2 aromatic carbocycles. The fourth-order valence-corrected chi connectivity index (χ4v) is 3.57. The summed E-state index contributed by atoms with van der Waals surface area (Å²) in [4.78, 5) is 39.2. The Bertz CT molecular complexity index is 994. The van der Waals surface area contributed by atoms with Crippen LogP contribution in [0.15, 0.2) is 42.5 Å². The van der Waals surface area contributed by atoms with Crippen LogP contribution in [0, 0.1) is 12.8 Å². The van der Waals surface area contributed by atoms with Crippen LogP contribution in [0.5, 0.6) is 11.5 Å². The van der Waals surface area contributed by atoms with Crippen LogP contribution in [0.3, 0.4) is 0 Å². The van der Waals surface area contributed by atoms with Gasteiger partial charge >= 0.3 is 6.03 Å². The smallest absolute Gasteiger partial charge is 0.321 e. The number of anilines is 1. The van der Waals surface area contributed by atoms with Crippen LogP contribution < -0.4 is 25.6 Å². The molecule has 1 unspecified atom stereocenters. The number of amides is 4. The second-order valence-corrected chi connectivity index (χ2v) is 7.60. The number of nitrogens with one attached hydrogen (secondary N) is 3. The zero-order valence-electron chi connectivity index (χ0n) is 18.4. The number of hydrogen-bond acceptors (Lipinski definition) is 5. The Kier molecular flexibility index (Phi) is 7.54. The van der Waals surface area contributed by atoms with Crippen LogP contribution in [0.2, 0.25) is 0 Å². The number of aryl methyl sites for hydroxylation is 1. The molecule has 9 heteroatoms. The van der Waals surface area contributed by atoms with E-state index in [0.29, 0.717) is 42.1 Å². The quantitative estimate of drug-likeness (QED) is 0.620. The minimum absolute atomic E-state index is 0.248. The average molecular weight is 441 g/mol. The van der Waals surface area contributed by atoms with E-state index in [1.807, 2.05) is 31.2 Å². The molecule has 170 valence electrons. The molecule has 0 aliphatic carbocycles. The van der Waals surface area contributed by atoms with Crippen molar-refractivity contribution in [2.75, 3.05) is 32.6 Å². The van der Waals surface area contributed by atoms with Gasteiger partial charge in [0.05, 0.1) is 20.1 Å². The molecule has 0 aromatic heterocycles. The van der Waals surface area contributed by atoms with Gasteiger partial charge in [-0.2, -0.15) is 0 Å². The van der Waals surface area contributed by atoms with Crippen LogP contribution in [0.1, 0.15) is 28.8 Å². The highest BCUT2D eigenvalue weighted by Crippen LogP contribution is 2.27. The molecule has 3 rings (SSSR count). The number of piperidine rings is 1. The van der Waals surface area contributed by atoms with Gasteiger partial charge < -0.3 is 19.7 Å². The van der Waals surface area contributed by atoms with Crippen LogP contribution in [-0.4, -0.2) is 50.1 Å². The summed E-state index contributed by atoms with van der Waals surface area (Å²) in [5, 5.41) is 2.87. The Balaban J connectivity index is 1.53. The molecule has 32 heavy (non-hydrogen) atoms. The zero-order chi connectivity index (χ0) is 23.1. The number of hydrazine groups is 1. The van der Waals surface area contributed by atoms with E-state index in [-0.39, 0.29) is 18.5 Å².